The lowest BCUT2D eigenvalue weighted by Gasteiger charge is -2.08. The van der Waals surface area contributed by atoms with Crippen LogP contribution in [0.5, 0.6) is 0 Å². The zero-order chi connectivity index (χ0) is 14.7. The molecule has 0 aliphatic heterocycles. The van der Waals surface area contributed by atoms with Gasteiger partial charge in [0.05, 0.1) is 11.2 Å². The lowest BCUT2D eigenvalue weighted by molar-refractivity contribution is 0.0958. The number of halogens is 1. The molecule has 2 N–H and O–H groups in total. The molecule has 0 saturated heterocycles. The van der Waals surface area contributed by atoms with Gasteiger partial charge in [-0.25, -0.2) is 9.37 Å². The van der Waals surface area contributed by atoms with Crippen molar-refractivity contribution in [3.05, 3.63) is 72.2 Å². The van der Waals surface area contributed by atoms with Crippen molar-refractivity contribution in [1.82, 2.24) is 10.4 Å². The molecule has 2 aromatic carbocycles. The molecule has 1 heterocycles. The molecule has 0 unspecified atom stereocenters. The Bertz CT molecular complexity index is 787. The summed E-state index contributed by atoms with van der Waals surface area (Å²) in [5.74, 6) is -0.687. The number of nitrogens with zero attached hydrogens (tertiary/aromatic N) is 1. The van der Waals surface area contributed by atoms with E-state index in [1.807, 2.05) is 30.3 Å². The monoisotopic (exact) mass is 281 g/mol. The van der Waals surface area contributed by atoms with Gasteiger partial charge in [0.25, 0.3) is 5.91 Å². The fourth-order valence-corrected chi connectivity index (χ4v) is 1.92. The molecule has 0 aliphatic rings. The molecule has 1 aromatic heterocycles. The predicted octanol–water partition coefficient (Wildman–Crippen LogP) is 3.13. The number of pyridine rings is 1. The number of aromatic nitrogens is 1. The van der Waals surface area contributed by atoms with Crippen LogP contribution < -0.4 is 10.9 Å². The summed E-state index contributed by atoms with van der Waals surface area (Å²) in [7, 11) is 0. The summed E-state index contributed by atoms with van der Waals surface area (Å²) in [6, 6.07) is 16.7. The minimum Gasteiger partial charge on any atom is -0.298 e. The van der Waals surface area contributed by atoms with E-state index < -0.39 is 0 Å². The number of carbonyl (C=O) groups is 1. The van der Waals surface area contributed by atoms with Crippen LogP contribution in [0.1, 0.15) is 10.5 Å². The molecule has 0 spiro atoms. The van der Waals surface area contributed by atoms with E-state index in [9.17, 15) is 9.18 Å². The molecular weight excluding hydrogens is 269 g/mol. The molecular formula is C16H12FN3O. The van der Waals surface area contributed by atoms with Gasteiger partial charge < -0.3 is 0 Å². The maximum Gasteiger partial charge on any atom is 0.288 e. The van der Waals surface area contributed by atoms with Gasteiger partial charge in [-0.05, 0) is 36.4 Å². The van der Waals surface area contributed by atoms with Gasteiger partial charge in [-0.2, -0.15) is 0 Å². The number of anilines is 1. The lowest BCUT2D eigenvalue weighted by Crippen LogP contribution is -2.30. The Morgan fingerprint density at radius 1 is 0.952 bits per heavy atom. The van der Waals surface area contributed by atoms with Crippen LogP contribution in [0.25, 0.3) is 10.9 Å². The number of fused-ring (bicyclic) bond motifs is 1. The number of carbonyl (C=O) groups excluding carboxylic acids is 1. The zero-order valence-corrected chi connectivity index (χ0v) is 11.0. The highest BCUT2D eigenvalue weighted by atomic mass is 19.1. The first-order chi connectivity index (χ1) is 10.2. The van der Waals surface area contributed by atoms with Crippen molar-refractivity contribution in [2.75, 3.05) is 5.43 Å². The molecule has 4 nitrogen and oxygen atoms in total. The molecule has 0 radical (unpaired) electrons. The van der Waals surface area contributed by atoms with E-state index >= 15 is 0 Å². The highest BCUT2D eigenvalue weighted by Gasteiger charge is 2.07. The molecule has 0 aliphatic carbocycles. The van der Waals surface area contributed by atoms with Crippen molar-refractivity contribution in [3.8, 4) is 0 Å². The number of hydrogen-bond acceptors (Lipinski definition) is 3. The second kappa shape index (κ2) is 5.58. The minimum atomic E-state index is -0.356. The van der Waals surface area contributed by atoms with Crippen molar-refractivity contribution in [2.24, 2.45) is 0 Å². The van der Waals surface area contributed by atoms with Gasteiger partial charge in [-0.3, -0.25) is 15.6 Å². The first-order valence-electron chi connectivity index (χ1n) is 6.40. The van der Waals surface area contributed by atoms with Gasteiger partial charge in [0.2, 0.25) is 0 Å². The highest BCUT2D eigenvalue weighted by Crippen LogP contribution is 2.12. The maximum atomic E-state index is 12.8. The van der Waals surface area contributed by atoms with Crippen LogP contribution in [0.3, 0.4) is 0 Å². The van der Waals surface area contributed by atoms with Gasteiger partial charge in [-0.1, -0.05) is 24.3 Å². The van der Waals surface area contributed by atoms with Gasteiger partial charge in [0, 0.05) is 5.39 Å². The van der Waals surface area contributed by atoms with Crippen molar-refractivity contribution < 1.29 is 9.18 Å². The van der Waals surface area contributed by atoms with E-state index in [-0.39, 0.29) is 11.7 Å². The van der Waals surface area contributed by atoms with Crippen LogP contribution in [-0.4, -0.2) is 10.9 Å². The van der Waals surface area contributed by atoms with Crippen LogP contribution in [-0.2, 0) is 0 Å². The van der Waals surface area contributed by atoms with Gasteiger partial charge in [0.1, 0.15) is 11.5 Å². The Morgan fingerprint density at radius 2 is 1.71 bits per heavy atom. The number of amides is 1. The number of nitrogens with one attached hydrogen (secondary N) is 2. The molecule has 3 rings (SSSR count). The Morgan fingerprint density at radius 3 is 2.52 bits per heavy atom. The maximum absolute atomic E-state index is 12.8. The first-order valence-corrected chi connectivity index (χ1v) is 6.40. The lowest BCUT2D eigenvalue weighted by atomic mass is 10.2. The van der Waals surface area contributed by atoms with Crippen LogP contribution in [0.15, 0.2) is 60.7 Å². The Labute approximate surface area is 120 Å². The first kappa shape index (κ1) is 13.1. The highest BCUT2D eigenvalue weighted by molar-refractivity contribution is 5.95. The Kier molecular flexibility index (Phi) is 3.47. The third-order valence-electron chi connectivity index (χ3n) is 3.00. The summed E-state index contributed by atoms with van der Waals surface area (Å²) < 4.78 is 12.8. The number of rotatable bonds is 3. The van der Waals surface area contributed by atoms with E-state index in [4.69, 9.17) is 0 Å². The molecule has 104 valence electrons. The number of hydrazine groups is 1. The predicted molar refractivity (Wildman–Crippen MR) is 79.2 cm³/mol. The summed E-state index contributed by atoms with van der Waals surface area (Å²) in [5.41, 5.74) is 6.89. The minimum absolute atomic E-state index is 0.309. The Balaban J connectivity index is 1.73. The van der Waals surface area contributed by atoms with Gasteiger partial charge in [-0.15, -0.1) is 0 Å². The molecule has 0 atom stereocenters. The van der Waals surface area contributed by atoms with E-state index in [1.165, 1.54) is 24.3 Å². The fourth-order valence-electron chi connectivity index (χ4n) is 1.92. The van der Waals surface area contributed by atoms with Gasteiger partial charge >= 0.3 is 0 Å². The molecule has 5 heteroatoms. The van der Waals surface area contributed by atoms with Crippen molar-refractivity contribution >= 4 is 22.5 Å². The molecule has 1 amide bonds. The number of para-hydroxylation sites is 1. The Hall–Kier alpha value is -2.95. The van der Waals surface area contributed by atoms with Crippen LogP contribution in [0, 0.1) is 5.82 Å². The molecule has 21 heavy (non-hydrogen) atoms. The summed E-state index contributed by atoms with van der Waals surface area (Å²) in [6.07, 6.45) is 0. The average Bonchev–Trinajstić information content (AvgIpc) is 2.53. The molecule has 0 fully saturated rings. The van der Waals surface area contributed by atoms with Gasteiger partial charge in [0.15, 0.2) is 0 Å². The fraction of sp³-hybridized carbons (Fsp3) is 0. The van der Waals surface area contributed by atoms with E-state index in [1.54, 1.807) is 6.07 Å². The average molecular weight is 281 g/mol. The second-order valence-electron chi connectivity index (χ2n) is 4.48. The summed E-state index contributed by atoms with van der Waals surface area (Å²) in [5, 5.41) is 0.973. The molecule has 0 saturated carbocycles. The van der Waals surface area contributed by atoms with E-state index in [0.29, 0.717) is 11.4 Å². The quantitative estimate of drug-likeness (QED) is 0.725. The van der Waals surface area contributed by atoms with Crippen LogP contribution in [0.4, 0.5) is 10.1 Å². The van der Waals surface area contributed by atoms with Crippen molar-refractivity contribution in [3.63, 3.8) is 0 Å². The van der Waals surface area contributed by atoms with Crippen molar-refractivity contribution in [1.29, 1.82) is 0 Å². The topological polar surface area (TPSA) is 54.0 Å². The van der Waals surface area contributed by atoms with Crippen LogP contribution >= 0.6 is 0 Å². The zero-order valence-electron chi connectivity index (χ0n) is 11.0. The molecule has 3 aromatic rings. The summed E-state index contributed by atoms with van der Waals surface area (Å²) in [6.45, 7) is 0. The second-order valence-corrected chi connectivity index (χ2v) is 4.48. The third kappa shape index (κ3) is 2.97. The van der Waals surface area contributed by atoms with E-state index in [0.717, 1.165) is 10.9 Å². The SMILES string of the molecule is O=C(NNc1ccc(F)cc1)c1ccc2ccccc2n1. The van der Waals surface area contributed by atoms with Crippen molar-refractivity contribution in [2.45, 2.75) is 0 Å². The number of hydrogen-bond donors (Lipinski definition) is 2. The van der Waals surface area contributed by atoms with Crippen LogP contribution in [0.2, 0.25) is 0 Å². The summed E-state index contributed by atoms with van der Waals surface area (Å²) in [4.78, 5) is 16.3. The largest absolute Gasteiger partial charge is 0.298 e. The molecule has 0 bridgehead atoms. The third-order valence-corrected chi connectivity index (χ3v) is 3.00. The van der Waals surface area contributed by atoms with E-state index in [2.05, 4.69) is 15.8 Å². The number of benzene rings is 2. The normalized spacial score (nSPS) is 10.3. The standard InChI is InChI=1S/C16H12FN3O/c17-12-6-8-13(9-7-12)19-20-16(21)15-10-5-11-3-1-2-4-14(11)18-15/h1-10,19H,(H,20,21). The summed E-state index contributed by atoms with van der Waals surface area (Å²) >= 11 is 0. The smallest absolute Gasteiger partial charge is 0.288 e.